The molecule has 0 fully saturated rings. The predicted octanol–water partition coefficient (Wildman–Crippen LogP) is 0.762. The number of carbonyl (C=O) groups is 1. The molecule has 2 nitrogen and oxygen atoms in total. The Labute approximate surface area is 43.0 Å². The number of hydrogen-bond donors (Lipinski definition) is 0. The molecule has 39 valence electrons. The standard InChI is InChI=1S/C5H8NO/c1-3-4(2)5(6)7/h6H,2-3H2,1H3. The van der Waals surface area contributed by atoms with Gasteiger partial charge in [0.05, 0.1) is 0 Å². The van der Waals surface area contributed by atoms with Crippen molar-refractivity contribution in [2.75, 3.05) is 0 Å². The molecule has 0 spiro atoms. The molecule has 0 aliphatic rings. The molecule has 0 aromatic heterocycles. The van der Waals surface area contributed by atoms with Crippen molar-refractivity contribution < 1.29 is 4.79 Å². The number of hydrogen-bond acceptors (Lipinski definition) is 1. The van der Waals surface area contributed by atoms with E-state index in [2.05, 4.69) is 6.58 Å². The number of rotatable bonds is 2. The van der Waals surface area contributed by atoms with Gasteiger partial charge in [-0.15, -0.1) is 0 Å². The van der Waals surface area contributed by atoms with Crippen LogP contribution in [0.4, 0.5) is 0 Å². The first kappa shape index (κ1) is 6.21. The van der Waals surface area contributed by atoms with Gasteiger partial charge in [-0.3, -0.25) is 10.5 Å². The highest BCUT2D eigenvalue weighted by Crippen LogP contribution is 1.92. The van der Waals surface area contributed by atoms with Crippen LogP contribution in [0.2, 0.25) is 0 Å². The maximum atomic E-state index is 9.94. The Hall–Kier alpha value is -0.790. The van der Waals surface area contributed by atoms with Crippen LogP contribution in [0.25, 0.3) is 0 Å². The fraction of sp³-hybridized carbons (Fsp3) is 0.400. The van der Waals surface area contributed by atoms with Gasteiger partial charge in [0, 0.05) is 5.57 Å². The second-order valence-electron chi connectivity index (χ2n) is 1.29. The number of carbonyl (C=O) groups excluding carboxylic acids is 1. The zero-order valence-corrected chi connectivity index (χ0v) is 4.32. The lowest BCUT2D eigenvalue weighted by Crippen LogP contribution is -1.98. The van der Waals surface area contributed by atoms with Gasteiger partial charge in [0.2, 0.25) is 0 Å². The zero-order chi connectivity index (χ0) is 5.86. The highest BCUT2D eigenvalue weighted by Gasteiger charge is 1.94. The summed E-state index contributed by atoms with van der Waals surface area (Å²) in [5.41, 5.74) is 6.82. The number of amides is 1. The van der Waals surface area contributed by atoms with E-state index in [9.17, 15) is 4.79 Å². The average molecular weight is 98.1 g/mol. The Bertz CT molecular complexity index is 96.3. The van der Waals surface area contributed by atoms with Crippen LogP contribution < -0.4 is 5.73 Å². The summed E-state index contributed by atoms with van der Waals surface area (Å²) >= 11 is 0. The SMILES string of the molecule is C=C(CC)C([NH])=O. The zero-order valence-electron chi connectivity index (χ0n) is 4.32. The molecular weight excluding hydrogens is 90.1 g/mol. The van der Waals surface area contributed by atoms with Crippen LogP contribution in [0.1, 0.15) is 13.3 Å². The van der Waals surface area contributed by atoms with E-state index in [1.165, 1.54) is 0 Å². The van der Waals surface area contributed by atoms with E-state index < -0.39 is 5.91 Å². The largest absolute Gasteiger partial charge is 0.268 e. The normalized spacial score (nSPS) is 8.14. The van der Waals surface area contributed by atoms with Crippen molar-refractivity contribution in [3.8, 4) is 0 Å². The minimum atomic E-state index is -0.650. The van der Waals surface area contributed by atoms with Gasteiger partial charge in [0.25, 0.3) is 5.91 Å². The summed E-state index contributed by atoms with van der Waals surface area (Å²) in [6.45, 7) is 5.14. The molecule has 0 saturated heterocycles. The molecule has 0 atom stereocenters. The van der Waals surface area contributed by atoms with E-state index in [4.69, 9.17) is 5.73 Å². The van der Waals surface area contributed by atoms with Crippen molar-refractivity contribution in [3.05, 3.63) is 12.2 Å². The second-order valence-corrected chi connectivity index (χ2v) is 1.29. The van der Waals surface area contributed by atoms with Gasteiger partial charge < -0.3 is 0 Å². The molecule has 1 radical (unpaired) electrons. The molecule has 1 N–H and O–H groups in total. The topological polar surface area (TPSA) is 40.9 Å². The molecule has 7 heavy (non-hydrogen) atoms. The lowest BCUT2D eigenvalue weighted by molar-refractivity contribution is -0.115. The third-order valence-electron chi connectivity index (χ3n) is 0.748. The van der Waals surface area contributed by atoms with Gasteiger partial charge in [-0.2, -0.15) is 0 Å². The average Bonchev–Trinajstić information content (AvgIpc) is 1.65. The van der Waals surface area contributed by atoms with Crippen LogP contribution in [0.15, 0.2) is 12.2 Å². The lowest BCUT2D eigenvalue weighted by Gasteiger charge is -1.87. The van der Waals surface area contributed by atoms with Gasteiger partial charge in [-0.1, -0.05) is 13.5 Å². The van der Waals surface area contributed by atoms with Crippen molar-refractivity contribution in [1.82, 2.24) is 5.73 Å². The Balaban J connectivity index is 3.58. The van der Waals surface area contributed by atoms with Crippen LogP contribution in [0.3, 0.4) is 0 Å². The fourth-order valence-corrected chi connectivity index (χ4v) is 0.161. The summed E-state index contributed by atoms with van der Waals surface area (Å²) in [6, 6.07) is 0. The van der Waals surface area contributed by atoms with Crippen molar-refractivity contribution in [1.29, 1.82) is 0 Å². The third-order valence-corrected chi connectivity index (χ3v) is 0.748. The van der Waals surface area contributed by atoms with Gasteiger partial charge in [0.15, 0.2) is 0 Å². The molecule has 0 aromatic carbocycles. The van der Waals surface area contributed by atoms with Crippen molar-refractivity contribution >= 4 is 5.91 Å². The van der Waals surface area contributed by atoms with Crippen molar-refractivity contribution in [2.24, 2.45) is 0 Å². The van der Waals surface area contributed by atoms with Crippen LogP contribution in [0.5, 0.6) is 0 Å². The molecule has 0 unspecified atom stereocenters. The van der Waals surface area contributed by atoms with E-state index in [0.29, 0.717) is 12.0 Å². The third kappa shape index (κ3) is 1.98. The Morgan fingerprint density at radius 2 is 2.29 bits per heavy atom. The van der Waals surface area contributed by atoms with E-state index >= 15 is 0 Å². The van der Waals surface area contributed by atoms with E-state index in [-0.39, 0.29) is 0 Å². The van der Waals surface area contributed by atoms with Crippen LogP contribution in [0, 0.1) is 0 Å². The first-order valence-electron chi connectivity index (χ1n) is 2.12. The van der Waals surface area contributed by atoms with E-state index in [1.807, 2.05) is 0 Å². The summed E-state index contributed by atoms with van der Waals surface area (Å²) in [5, 5.41) is 0. The molecule has 0 aliphatic carbocycles. The molecule has 0 saturated carbocycles. The Kier molecular flexibility index (Phi) is 2.12. The molecule has 1 amide bonds. The van der Waals surface area contributed by atoms with Gasteiger partial charge in [-0.25, -0.2) is 0 Å². The summed E-state index contributed by atoms with van der Waals surface area (Å²) < 4.78 is 0. The van der Waals surface area contributed by atoms with Gasteiger partial charge in [0.1, 0.15) is 0 Å². The maximum Gasteiger partial charge on any atom is 0.265 e. The quantitative estimate of drug-likeness (QED) is 0.470. The molecule has 0 rings (SSSR count). The first-order valence-corrected chi connectivity index (χ1v) is 2.12. The monoisotopic (exact) mass is 98.1 g/mol. The Morgan fingerprint density at radius 1 is 1.86 bits per heavy atom. The van der Waals surface area contributed by atoms with E-state index in [1.54, 1.807) is 6.92 Å². The number of nitrogens with one attached hydrogen (secondary N) is 1. The van der Waals surface area contributed by atoms with E-state index in [0.717, 1.165) is 0 Å². The van der Waals surface area contributed by atoms with Crippen LogP contribution in [-0.4, -0.2) is 5.91 Å². The summed E-state index contributed by atoms with van der Waals surface area (Å²) in [7, 11) is 0. The predicted molar refractivity (Wildman–Crippen MR) is 27.5 cm³/mol. The molecule has 0 aliphatic heterocycles. The van der Waals surface area contributed by atoms with Crippen molar-refractivity contribution in [3.63, 3.8) is 0 Å². The maximum absolute atomic E-state index is 9.94. The summed E-state index contributed by atoms with van der Waals surface area (Å²) in [6.07, 6.45) is 0.586. The van der Waals surface area contributed by atoms with Crippen LogP contribution >= 0.6 is 0 Å². The molecule has 2 heteroatoms. The Morgan fingerprint density at radius 3 is 2.29 bits per heavy atom. The second kappa shape index (κ2) is 2.39. The summed E-state index contributed by atoms with van der Waals surface area (Å²) in [5.74, 6) is -0.650. The van der Waals surface area contributed by atoms with Gasteiger partial charge in [-0.05, 0) is 6.42 Å². The fourth-order valence-electron chi connectivity index (χ4n) is 0.161. The molecule has 0 bridgehead atoms. The minimum Gasteiger partial charge on any atom is -0.268 e. The molecular formula is C5H8NO. The smallest absolute Gasteiger partial charge is 0.265 e. The summed E-state index contributed by atoms with van der Waals surface area (Å²) in [4.78, 5) is 9.94. The highest BCUT2D eigenvalue weighted by molar-refractivity contribution is 5.90. The van der Waals surface area contributed by atoms with Gasteiger partial charge >= 0.3 is 0 Å². The molecule has 0 heterocycles. The minimum absolute atomic E-state index is 0.375. The van der Waals surface area contributed by atoms with Crippen LogP contribution in [-0.2, 0) is 4.79 Å². The van der Waals surface area contributed by atoms with Crippen molar-refractivity contribution in [2.45, 2.75) is 13.3 Å². The highest BCUT2D eigenvalue weighted by atomic mass is 16.1. The lowest BCUT2D eigenvalue weighted by atomic mass is 10.2. The molecule has 0 aromatic rings. The first-order chi connectivity index (χ1) is 3.18.